The van der Waals surface area contributed by atoms with Gasteiger partial charge in [-0.15, -0.1) is 0 Å². The number of hydrogen-bond donors (Lipinski definition) is 2. The maximum Gasteiger partial charge on any atom is 0.237 e. The fraction of sp³-hybridized carbons (Fsp3) is 0.667. The van der Waals surface area contributed by atoms with Crippen molar-refractivity contribution >= 4 is 17.5 Å². The second-order valence-corrected chi connectivity index (χ2v) is 5.08. The van der Waals surface area contributed by atoms with Gasteiger partial charge in [-0.2, -0.15) is 5.10 Å². The Hall–Kier alpha value is -1.07. The molecule has 1 fully saturated rings. The number of H-pyrrole nitrogens is 1. The van der Waals surface area contributed by atoms with Crippen molar-refractivity contribution in [1.29, 1.82) is 0 Å². The summed E-state index contributed by atoms with van der Waals surface area (Å²) in [5, 5.41) is 10.5. The van der Waals surface area contributed by atoms with E-state index < -0.39 is 0 Å². The summed E-state index contributed by atoms with van der Waals surface area (Å²) < 4.78 is 0. The molecule has 1 aliphatic heterocycles. The Kier molecular flexibility index (Phi) is 4.24. The molecule has 0 aliphatic carbocycles. The minimum absolute atomic E-state index is 0.0585. The number of nitrogens with zero attached hydrogens (tertiary/aromatic N) is 2. The van der Waals surface area contributed by atoms with Crippen LogP contribution in [0.2, 0.25) is 5.02 Å². The molecule has 0 unspecified atom stereocenters. The lowest BCUT2D eigenvalue weighted by molar-refractivity contribution is -0.127. The summed E-state index contributed by atoms with van der Waals surface area (Å²) in [7, 11) is 1.68. The average Bonchev–Trinajstić information content (AvgIpc) is 2.70. The molecule has 5 nitrogen and oxygen atoms in total. The number of amides is 1. The molecule has 2 N–H and O–H groups in total. The summed E-state index contributed by atoms with van der Waals surface area (Å²) >= 11 is 6.17. The molecule has 2 heterocycles. The number of carbonyl (C=O) groups excluding carboxylic acids is 1. The molecule has 1 atom stereocenters. The van der Waals surface area contributed by atoms with Crippen LogP contribution in [-0.4, -0.2) is 40.6 Å². The van der Waals surface area contributed by atoms with Crippen LogP contribution < -0.4 is 5.32 Å². The van der Waals surface area contributed by atoms with Crippen LogP contribution in [0.5, 0.6) is 0 Å². The number of rotatable bonds is 3. The first-order valence-corrected chi connectivity index (χ1v) is 6.66. The van der Waals surface area contributed by atoms with Crippen LogP contribution >= 0.6 is 11.6 Å². The predicted molar refractivity (Wildman–Crippen MR) is 70.5 cm³/mol. The average molecular weight is 271 g/mol. The minimum Gasteiger partial charge on any atom is -0.358 e. The molecular formula is C12H19ClN4O. The van der Waals surface area contributed by atoms with Gasteiger partial charge < -0.3 is 5.32 Å². The third kappa shape index (κ3) is 2.67. The summed E-state index contributed by atoms with van der Waals surface area (Å²) in [6.45, 7) is 3.44. The molecule has 1 saturated heterocycles. The molecule has 6 heteroatoms. The van der Waals surface area contributed by atoms with Gasteiger partial charge in [0.25, 0.3) is 0 Å². The van der Waals surface area contributed by atoms with E-state index >= 15 is 0 Å². The number of hydrogen-bond acceptors (Lipinski definition) is 3. The van der Waals surface area contributed by atoms with Gasteiger partial charge >= 0.3 is 0 Å². The van der Waals surface area contributed by atoms with Gasteiger partial charge in [-0.3, -0.25) is 14.8 Å². The van der Waals surface area contributed by atoms with E-state index in [1.54, 1.807) is 7.05 Å². The highest BCUT2D eigenvalue weighted by molar-refractivity contribution is 6.31. The van der Waals surface area contributed by atoms with Gasteiger partial charge in [0.1, 0.15) is 0 Å². The van der Waals surface area contributed by atoms with Crippen LogP contribution in [0, 0.1) is 6.92 Å². The van der Waals surface area contributed by atoms with Crippen LogP contribution in [0.25, 0.3) is 0 Å². The predicted octanol–water partition coefficient (Wildman–Crippen LogP) is 1.47. The molecule has 0 saturated carbocycles. The second kappa shape index (κ2) is 5.71. The normalized spacial score (nSPS) is 20.9. The Morgan fingerprint density at radius 2 is 2.39 bits per heavy atom. The SMILES string of the molecule is CNC(=O)[C@@H]1CCCCN1Cc1n[nH]c(C)c1Cl. The molecule has 18 heavy (non-hydrogen) atoms. The standard InChI is InChI=1S/C12H19ClN4O/c1-8-11(13)9(16-15-8)7-17-6-4-3-5-10(17)12(18)14-2/h10H,3-7H2,1-2H3,(H,14,18)(H,15,16)/t10-/m0/s1. The fourth-order valence-corrected chi connectivity index (χ4v) is 2.55. The molecular weight excluding hydrogens is 252 g/mol. The second-order valence-electron chi connectivity index (χ2n) is 4.71. The maximum atomic E-state index is 11.8. The molecule has 2 rings (SSSR count). The molecule has 0 aromatic carbocycles. The lowest BCUT2D eigenvalue weighted by Gasteiger charge is -2.33. The first-order chi connectivity index (χ1) is 8.63. The van der Waals surface area contributed by atoms with Gasteiger partial charge in [0.05, 0.1) is 22.5 Å². The van der Waals surface area contributed by atoms with Crippen molar-refractivity contribution in [3.63, 3.8) is 0 Å². The summed E-state index contributed by atoms with van der Waals surface area (Å²) in [6, 6.07) is -0.0585. The summed E-state index contributed by atoms with van der Waals surface area (Å²) in [6.07, 6.45) is 3.12. The van der Waals surface area contributed by atoms with Crippen molar-refractivity contribution in [2.75, 3.05) is 13.6 Å². The van der Waals surface area contributed by atoms with E-state index in [0.29, 0.717) is 11.6 Å². The van der Waals surface area contributed by atoms with Crippen LogP contribution in [0.4, 0.5) is 0 Å². The van der Waals surface area contributed by atoms with Crippen molar-refractivity contribution in [3.8, 4) is 0 Å². The number of aromatic amines is 1. The quantitative estimate of drug-likeness (QED) is 0.874. The first kappa shape index (κ1) is 13.4. The third-order valence-corrected chi connectivity index (χ3v) is 3.96. The van der Waals surface area contributed by atoms with Gasteiger partial charge in [0.15, 0.2) is 0 Å². The minimum atomic E-state index is -0.0585. The van der Waals surface area contributed by atoms with Crippen LogP contribution in [-0.2, 0) is 11.3 Å². The number of likely N-dealkylation sites (tertiary alicyclic amines) is 1. The molecule has 0 spiro atoms. The van der Waals surface area contributed by atoms with Gasteiger partial charge in [0, 0.05) is 13.6 Å². The lowest BCUT2D eigenvalue weighted by Crippen LogP contribution is -2.48. The maximum absolute atomic E-state index is 11.8. The van der Waals surface area contributed by atoms with Crippen molar-refractivity contribution in [2.45, 2.75) is 38.8 Å². The molecule has 1 aliphatic rings. The summed E-state index contributed by atoms with van der Waals surface area (Å²) in [4.78, 5) is 14.0. The Morgan fingerprint density at radius 3 is 3.00 bits per heavy atom. The number of aryl methyl sites for hydroxylation is 1. The highest BCUT2D eigenvalue weighted by Crippen LogP contribution is 2.23. The smallest absolute Gasteiger partial charge is 0.237 e. The first-order valence-electron chi connectivity index (χ1n) is 6.28. The largest absolute Gasteiger partial charge is 0.358 e. The molecule has 100 valence electrons. The van der Waals surface area contributed by atoms with E-state index in [0.717, 1.165) is 37.2 Å². The number of piperidine rings is 1. The van der Waals surface area contributed by atoms with Crippen LogP contribution in [0.15, 0.2) is 0 Å². The van der Waals surface area contributed by atoms with E-state index in [4.69, 9.17) is 11.6 Å². The van der Waals surface area contributed by atoms with Crippen molar-refractivity contribution in [1.82, 2.24) is 20.4 Å². The number of likely N-dealkylation sites (N-methyl/N-ethyl adjacent to an activating group) is 1. The summed E-state index contributed by atoms with van der Waals surface area (Å²) in [5.41, 5.74) is 1.70. The van der Waals surface area contributed by atoms with Gasteiger partial charge in [-0.1, -0.05) is 18.0 Å². The number of nitrogens with one attached hydrogen (secondary N) is 2. The van der Waals surface area contributed by atoms with Gasteiger partial charge in [-0.25, -0.2) is 0 Å². The zero-order valence-corrected chi connectivity index (χ0v) is 11.5. The zero-order valence-electron chi connectivity index (χ0n) is 10.8. The fourth-order valence-electron chi connectivity index (χ4n) is 2.41. The topological polar surface area (TPSA) is 61.0 Å². The van der Waals surface area contributed by atoms with Gasteiger partial charge in [0.2, 0.25) is 5.91 Å². The monoisotopic (exact) mass is 270 g/mol. The van der Waals surface area contributed by atoms with E-state index in [2.05, 4.69) is 20.4 Å². The Balaban J connectivity index is 2.10. The third-order valence-electron chi connectivity index (χ3n) is 3.46. The number of carbonyl (C=O) groups is 1. The molecule has 1 aromatic rings. The van der Waals surface area contributed by atoms with E-state index in [1.807, 2.05) is 6.92 Å². The molecule has 0 bridgehead atoms. The zero-order chi connectivity index (χ0) is 13.1. The Labute approximate surface area is 112 Å². The van der Waals surface area contributed by atoms with Crippen LogP contribution in [0.3, 0.4) is 0 Å². The highest BCUT2D eigenvalue weighted by Gasteiger charge is 2.29. The Bertz CT molecular complexity index is 432. The number of halogens is 1. The van der Waals surface area contributed by atoms with E-state index in [1.165, 1.54) is 0 Å². The number of aromatic nitrogens is 2. The Morgan fingerprint density at radius 1 is 1.61 bits per heavy atom. The van der Waals surface area contributed by atoms with Crippen molar-refractivity contribution < 1.29 is 4.79 Å². The molecule has 1 amide bonds. The highest BCUT2D eigenvalue weighted by atomic mass is 35.5. The lowest BCUT2D eigenvalue weighted by atomic mass is 10.0. The molecule has 0 radical (unpaired) electrons. The van der Waals surface area contributed by atoms with E-state index in [9.17, 15) is 4.79 Å². The summed E-state index contributed by atoms with van der Waals surface area (Å²) in [5.74, 6) is 0.0816. The van der Waals surface area contributed by atoms with Crippen molar-refractivity contribution in [2.24, 2.45) is 0 Å². The van der Waals surface area contributed by atoms with Crippen LogP contribution in [0.1, 0.15) is 30.7 Å². The van der Waals surface area contributed by atoms with Gasteiger partial charge in [-0.05, 0) is 26.3 Å². The van der Waals surface area contributed by atoms with E-state index in [-0.39, 0.29) is 11.9 Å². The molecule has 1 aromatic heterocycles. The van der Waals surface area contributed by atoms with Crippen molar-refractivity contribution in [3.05, 3.63) is 16.4 Å².